The third-order valence-corrected chi connectivity index (χ3v) is 3.92. The SMILES string of the molecule is O=C(CNC(=O)NCCCOCCc1ccccc1)Nc1ccc(Cl)cc1. The molecule has 0 fully saturated rings. The standard InChI is InChI=1S/C20H24ClN3O3/c21-17-7-9-18(10-8-17)24-19(25)15-23-20(26)22-12-4-13-27-14-11-16-5-2-1-3-6-16/h1-3,5-10H,4,11-15H2,(H,24,25)(H2,22,23,26). The van der Waals surface area contributed by atoms with Gasteiger partial charge < -0.3 is 20.7 Å². The highest BCUT2D eigenvalue weighted by Gasteiger charge is 2.05. The van der Waals surface area contributed by atoms with Crippen molar-refractivity contribution in [3.63, 3.8) is 0 Å². The minimum atomic E-state index is -0.384. The van der Waals surface area contributed by atoms with Crippen LogP contribution in [0.3, 0.4) is 0 Å². The molecule has 0 spiro atoms. The Kier molecular flexibility index (Phi) is 9.17. The lowest BCUT2D eigenvalue weighted by atomic mass is 10.2. The molecular formula is C20H24ClN3O3. The molecule has 0 aromatic heterocycles. The molecule has 3 amide bonds. The Bertz CT molecular complexity index is 708. The third-order valence-electron chi connectivity index (χ3n) is 3.67. The minimum Gasteiger partial charge on any atom is -0.381 e. The Morgan fingerprint density at radius 3 is 2.41 bits per heavy atom. The van der Waals surface area contributed by atoms with Gasteiger partial charge in [-0.2, -0.15) is 0 Å². The molecule has 0 saturated heterocycles. The summed E-state index contributed by atoms with van der Waals surface area (Å²) in [5.41, 5.74) is 1.87. The van der Waals surface area contributed by atoms with Crippen molar-refractivity contribution in [2.24, 2.45) is 0 Å². The number of urea groups is 1. The molecule has 0 heterocycles. The molecule has 0 aliphatic carbocycles. The zero-order chi connectivity index (χ0) is 19.3. The summed E-state index contributed by atoms with van der Waals surface area (Å²) in [6, 6.07) is 16.5. The first-order valence-electron chi connectivity index (χ1n) is 8.82. The van der Waals surface area contributed by atoms with Crippen LogP contribution < -0.4 is 16.0 Å². The van der Waals surface area contributed by atoms with Gasteiger partial charge in [0.15, 0.2) is 0 Å². The summed E-state index contributed by atoms with van der Waals surface area (Å²) < 4.78 is 5.55. The van der Waals surface area contributed by atoms with Crippen LogP contribution >= 0.6 is 11.6 Å². The maximum atomic E-state index is 11.8. The fourth-order valence-corrected chi connectivity index (χ4v) is 2.40. The van der Waals surface area contributed by atoms with E-state index in [2.05, 4.69) is 28.1 Å². The number of rotatable bonds is 10. The number of hydrogen-bond donors (Lipinski definition) is 3. The monoisotopic (exact) mass is 389 g/mol. The van der Waals surface area contributed by atoms with Crippen LogP contribution in [0.4, 0.5) is 10.5 Å². The summed E-state index contributed by atoms with van der Waals surface area (Å²) in [6.45, 7) is 1.60. The van der Waals surface area contributed by atoms with E-state index in [9.17, 15) is 9.59 Å². The first-order valence-corrected chi connectivity index (χ1v) is 9.20. The zero-order valence-corrected chi connectivity index (χ0v) is 15.8. The van der Waals surface area contributed by atoms with Crippen molar-refractivity contribution < 1.29 is 14.3 Å². The van der Waals surface area contributed by atoms with E-state index >= 15 is 0 Å². The second kappa shape index (κ2) is 11.9. The van der Waals surface area contributed by atoms with Crippen molar-refractivity contribution in [3.8, 4) is 0 Å². The highest BCUT2D eigenvalue weighted by Crippen LogP contribution is 2.12. The van der Waals surface area contributed by atoms with Crippen molar-refractivity contribution in [2.75, 3.05) is 31.6 Å². The lowest BCUT2D eigenvalue weighted by molar-refractivity contribution is -0.115. The predicted molar refractivity (Wildman–Crippen MR) is 107 cm³/mol. The molecule has 144 valence electrons. The van der Waals surface area contributed by atoms with Crippen molar-refractivity contribution >= 4 is 29.2 Å². The second-order valence-electron chi connectivity index (χ2n) is 5.87. The van der Waals surface area contributed by atoms with Gasteiger partial charge in [0.1, 0.15) is 0 Å². The Labute approximate surface area is 164 Å². The van der Waals surface area contributed by atoms with E-state index in [1.807, 2.05) is 18.2 Å². The molecule has 0 unspecified atom stereocenters. The molecule has 7 heteroatoms. The van der Waals surface area contributed by atoms with E-state index in [1.54, 1.807) is 24.3 Å². The van der Waals surface area contributed by atoms with Crippen LogP contribution in [0.2, 0.25) is 5.02 Å². The molecule has 0 aliphatic rings. The maximum Gasteiger partial charge on any atom is 0.315 e. The summed E-state index contributed by atoms with van der Waals surface area (Å²) in [5.74, 6) is -0.309. The van der Waals surface area contributed by atoms with Gasteiger partial charge in [0.2, 0.25) is 5.91 Å². The first-order chi connectivity index (χ1) is 13.1. The highest BCUT2D eigenvalue weighted by atomic mass is 35.5. The van der Waals surface area contributed by atoms with Crippen molar-refractivity contribution in [3.05, 3.63) is 65.2 Å². The van der Waals surface area contributed by atoms with Crippen LogP contribution in [0.5, 0.6) is 0 Å². The molecule has 2 rings (SSSR count). The average Bonchev–Trinajstić information content (AvgIpc) is 2.68. The Hall–Kier alpha value is -2.57. The van der Waals surface area contributed by atoms with E-state index in [-0.39, 0.29) is 18.5 Å². The average molecular weight is 390 g/mol. The number of hydrogen-bond acceptors (Lipinski definition) is 3. The van der Waals surface area contributed by atoms with E-state index in [1.165, 1.54) is 5.56 Å². The van der Waals surface area contributed by atoms with E-state index < -0.39 is 0 Å². The quantitative estimate of drug-likeness (QED) is 0.546. The van der Waals surface area contributed by atoms with Crippen molar-refractivity contribution in [1.29, 1.82) is 0 Å². The number of nitrogens with one attached hydrogen (secondary N) is 3. The summed E-state index contributed by atoms with van der Waals surface area (Å²) >= 11 is 5.78. The Morgan fingerprint density at radius 1 is 0.926 bits per heavy atom. The molecule has 6 nitrogen and oxygen atoms in total. The molecule has 0 bridgehead atoms. The molecule has 27 heavy (non-hydrogen) atoms. The van der Waals surface area contributed by atoms with E-state index in [0.29, 0.717) is 36.9 Å². The van der Waals surface area contributed by atoms with Crippen LogP contribution in [0.1, 0.15) is 12.0 Å². The van der Waals surface area contributed by atoms with Crippen LogP contribution in [0.25, 0.3) is 0 Å². The van der Waals surface area contributed by atoms with E-state index in [0.717, 1.165) is 6.42 Å². The fourth-order valence-electron chi connectivity index (χ4n) is 2.27. The molecule has 0 aliphatic heterocycles. The number of benzene rings is 2. The first kappa shape index (κ1) is 20.7. The van der Waals surface area contributed by atoms with E-state index in [4.69, 9.17) is 16.3 Å². The fraction of sp³-hybridized carbons (Fsp3) is 0.300. The number of carbonyl (C=O) groups is 2. The topological polar surface area (TPSA) is 79.5 Å². The van der Waals surface area contributed by atoms with Gasteiger partial charge in [0.25, 0.3) is 0 Å². The lowest BCUT2D eigenvalue weighted by Gasteiger charge is -2.09. The number of carbonyl (C=O) groups excluding carboxylic acids is 2. The number of ether oxygens (including phenoxy) is 1. The maximum absolute atomic E-state index is 11.8. The number of amides is 3. The molecule has 0 saturated carbocycles. The van der Waals surface area contributed by atoms with Gasteiger partial charge in [-0.3, -0.25) is 4.79 Å². The summed E-state index contributed by atoms with van der Waals surface area (Å²) in [6.07, 6.45) is 1.58. The van der Waals surface area contributed by atoms with Crippen LogP contribution in [0.15, 0.2) is 54.6 Å². The molecular weight excluding hydrogens is 366 g/mol. The lowest BCUT2D eigenvalue weighted by Crippen LogP contribution is -2.40. The number of anilines is 1. The smallest absolute Gasteiger partial charge is 0.315 e. The van der Waals surface area contributed by atoms with Gasteiger partial charge >= 0.3 is 6.03 Å². The van der Waals surface area contributed by atoms with Gasteiger partial charge in [-0.15, -0.1) is 0 Å². The van der Waals surface area contributed by atoms with Crippen molar-refractivity contribution in [2.45, 2.75) is 12.8 Å². The Morgan fingerprint density at radius 2 is 1.67 bits per heavy atom. The van der Waals surface area contributed by atoms with Gasteiger partial charge in [0.05, 0.1) is 13.2 Å². The summed E-state index contributed by atoms with van der Waals surface area (Å²) in [5, 5.41) is 8.46. The predicted octanol–water partition coefficient (Wildman–Crippen LogP) is 3.23. The molecule has 2 aromatic carbocycles. The summed E-state index contributed by atoms with van der Waals surface area (Å²) in [4.78, 5) is 23.4. The van der Waals surface area contributed by atoms with Gasteiger partial charge in [0, 0.05) is 23.9 Å². The van der Waals surface area contributed by atoms with Crippen LogP contribution in [0, 0.1) is 0 Å². The molecule has 2 aromatic rings. The zero-order valence-electron chi connectivity index (χ0n) is 15.0. The molecule has 0 atom stereocenters. The molecule has 0 radical (unpaired) electrons. The molecule has 3 N–H and O–H groups in total. The van der Waals surface area contributed by atoms with Gasteiger partial charge in [-0.05, 0) is 42.7 Å². The van der Waals surface area contributed by atoms with Crippen LogP contribution in [-0.2, 0) is 16.0 Å². The highest BCUT2D eigenvalue weighted by molar-refractivity contribution is 6.30. The van der Waals surface area contributed by atoms with Crippen LogP contribution in [-0.4, -0.2) is 38.2 Å². The van der Waals surface area contributed by atoms with Gasteiger partial charge in [-0.1, -0.05) is 41.9 Å². The number of halogens is 1. The minimum absolute atomic E-state index is 0.109. The third kappa shape index (κ3) is 9.08. The largest absolute Gasteiger partial charge is 0.381 e. The normalized spacial score (nSPS) is 10.3. The Balaban J connectivity index is 1.47. The summed E-state index contributed by atoms with van der Waals surface area (Å²) in [7, 11) is 0. The second-order valence-corrected chi connectivity index (χ2v) is 6.30. The van der Waals surface area contributed by atoms with Gasteiger partial charge in [-0.25, -0.2) is 4.79 Å². The van der Waals surface area contributed by atoms with Crippen molar-refractivity contribution in [1.82, 2.24) is 10.6 Å².